The van der Waals surface area contributed by atoms with Gasteiger partial charge in [0.15, 0.2) is 45.9 Å². The largest absolute Gasteiger partial charge is 0.360 e. The van der Waals surface area contributed by atoms with Crippen LogP contribution in [-0.4, -0.2) is 98.0 Å². The van der Waals surface area contributed by atoms with Gasteiger partial charge in [0.25, 0.3) is 22.2 Å². The molecular formula is C87H72Cl2F2N24O4. The van der Waals surface area contributed by atoms with Crippen LogP contribution < -0.4 is 43.5 Å². The molecule has 0 unspecified atom stereocenters. The number of aromatic amines is 4. The molecule has 1 saturated carbocycles. The van der Waals surface area contributed by atoms with Crippen LogP contribution in [0.25, 0.3) is 105 Å². The lowest BCUT2D eigenvalue weighted by Crippen LogP contribution is -2.26. The molecule has 1 aliphatic carbocycles. The minimum Gasteiger partial charge on any atom is -0.360 e. The van der Waals surface area contributed by atoms with Gasteiger partial charge in [-0.3, -0.25) is 32.9 Å². The molecule has 12 aromatic heterocycles. The summed E-state index contributed by atoms with van der Waals surface area (Å²) in [5.74, 6) is 1.66. The van der Waals surface area contributed by atoms with E-state index in [0.717, 1.165) is 73.8 Å². The second-order valence-corrected chi connectivity index (χ2v) is 29.5. The first kappa shape index (κ1) is 76.8. The highest BCUT2D eigenvalue weighted by Crippen LogP contribution is 2.39. The maximum absolute atomic E-state index is 14.0. The summed E-state index contributed by atoms with van der Waals surface area (Å²) in [7, 11) is 0. The van der Waals surface area contributed by atoms with Crippen molar-refractivity contribution in [3.63, 3.8) is 0 Å². The van der Waals surface area contributed by atoms with E-state index in [-0.39, 0.29) is 58.3 Å². The number of para-hydroxylation sites is 1. The molecule has 0 amide bonds. The molecule has 28 nitrogen and oxygen atoms in total. The van der Waals surface area contributed by atoms with E-state index in [4.69, 9.17) is 23.2 Å². The highest BCUT2D eigenvalue weighted by Gasteiger charge is 2.31. The van der Waals surface area contributed by atoms with Crippen molar-refractivity contribution >= 4 is 134 Å². The molecule has 0 radical (unpaired) electrons. The van der Waals surface area contributed by atoms with Crippen LogP contribution in [0.1, 0.15) is 105 Å². The number of H-pyrrole nitrogens is 4. The Hall–Kier alpha value is -14.8. The zero-order valence-corrected chi connectivity index (χ0v) is 66.0. The Bertz CT molecular complexity index is 7350. The second-order valence-electron chi connectivity index (χ2n) is 28.6. The van der Waals surface area contributed by atoms with Gasteiger partial charge in [-0.1, -0.05) is 108 Å². The van der Waals surface area contributed by atoms with Crippen LogP contribution in [0.2, 0.25) is 10.0 Å². The third kappa shape index (κ3) is 15.1. The number of nitrogens with one attached hydrogen (secondary N) is 8. The van der Waals surface area contributed by atoms with Gasteiger partial charge in [0, 0.05) is 40.2 Å². The van der Waals surface area contributed by atoms with Crippen LogP contribution in [-0.2, 0) is 0 Å². The van der Waals surface area contributed by atoms with Crippen molar-refractivity contribution in [3.8, 4) is 17.1 Å². The van der Waals surface area contributed by atoms with Crippen molar-refractivity contribution in [2.75, 3.05) is 21.3 Å². The van der Waals surface area contributed by atoms with E-state index >= 15 is 0 Å². The van der Waals surface area contributed by atoms with Crippen molar-refractivity contribution in [1.82, 2.24) is 98.0 Å². The highest BCUT2D eigenvalue weighted by molar-refractivity contribution is 6.36. The van der Waals surface area contributed by atoms with Gasteiger partial charge in [0.1, 0.15) is 59.0 Å². The van der Waals surface area contributed by atoms with E-state index in [0.29, 0.717) is 111 Å². The van der Waals surface area contributed by atoms with Crippen molar-refractivity contribution in [3.05, 3.63) is 324 Å². The third-order valence-corrected chi connectivity index (χ3v) is 21.4. The lowest BCUT2D eigenvalue weighted by atomic mass is 10.0. The minimum atomic E-state index is -0.407. The SMILES string of the molecule is C[C@H](Nc1ncnc2nc[nH]c12)c1cc2cccc(Cl)c2c(=O)n1-c1ccccc1.C[C@H](Nc1ncnc2nc[nH]c12)c1cc2cccc(Cl)c2c(=O)n1C1CC1.Cc1cccc2cc([C@H](C)Nc3ncnc4nc[nH]c34)n(-c3ccc(F)cc3)c(=O)c12.Cc1cccc2cc([C@H](C)Nc3ncnc4nc[nH]c34)n(-c3cccc(F)c3)c(=O)c12. The first-order chi connectivity index (χ1) is 57.8. The van der Waals surface area contributed by atoms with Crippen molar-refractivity contribution < 1.29 is 8.78 Å². The topological polar surface area (TPSA) is 354 Å². The van der Waals surface area contributed by atoms with E-state index in [9.17, 15) is 28.0 Å². The lowest BCUT2D eigenvalue weighted by Gasteiger charge is -2.22. The number of halogens is 4. The molecule has 32 heteroatoms. The molecule has 12 heterocycles. The molecular weight excluding hydrogens is 1550 g/mol. The van der Waals surface area contributed by atoms with Crippen LogP contribution in [0.15, 0.2) is 246 Å². The maximum Gasteiger partial charge on any atom is 0.264 e. The third-order valence-electron chi connectivity index (χ3n) is 20.8. The number of fused-ring (bicyclic) bond motifs is 8. The van der Waals surface area contributed by atoms with E-state index in [1.807, 2.05) is 161 Å². The molecule has 8 N–H and O–H groups in total. The van der Waals surface area contributed by atoms with Gasteiger partial charge in [-0.05, 0) is 178 Å². The van der Waals surface area contributed by atoms with Gasteiger partial charge in [0.05, 0.1) is 86.8 Å². The molecule has 4 atom stereocenters. The minimum absolute atomic E-state index is 0.0291. The number of pyridine rings is 4. The first-order valence-electron chi connectivity index (χ1n) is 38.0. The Balaban J connectivity index is 0.000000114. The summed E-state index contributed by atoms with van der Waals surface area (Å²) < 4.78 is 34.4. The summed E-state index contributed by atoms with van der Waals surface area (Å²) in [5.41, 5.74) is 11.2. The fraction of sp³-hybridized carbons (Fsp3) is 0.149. The van der Waals surface area contributed by atoms with E-state index in [2.05, 4.69) is 101 Å². The number of hydrogen-bond acceptors (Lipinski definition) is 20. The van der Waals surface area contributed by atoms with Crippen LogP contribution >= 0.6 is 23.2 Å². The predicted molar refractivity (Wildman–Crippen MR) is 459 cm³/mol. The summed E-state index contributed by atoms with van der Waals surface area (Å²) >= 11 is 12.7. The summed E-state index contributed by atoms with van der Waals surface area (Å²) in [6.07, 6.45) is 14.1. The zero-order valence-electron chi connectivity index (χ0n) is 64.5. The maximum atomic E-state index is 14.0. The van der Waals surface area contributed by atoms with Crippen LogP contribution in [0.3, 0.4) is 0 Å². The average Bonchev–Trinajstić information content (AvgIpc) is 1.65. The van der Waals surface area contributed by atoms with E-state index < -0.39 is 5.82 Å². The van der Waals surface area contributed by atoms with Gasteiger partial charge in [-0.2, -0.15) is 0 Å². The Labute approximate surface area is 683 Å². The summed E-state index contributed by atoms with van der Waals surface area (Å²) in [5, 5.41) is 20.1. The van der Waals surface area contributed by atoms with Crippen LogP contribution in [0.5, 0.6) is 0 Å². The molecule has 20 rings (SSSR count). The highest BCUT2D eigenvalue weighted by atomic mass is 35.5. The monoisotopic (exact) mass is 1620 g/mol. The average molecular weight is 1630 g/mol. The molecule has 19 aromatic rings. The van der Waals surface area contributed by atoms with E-state index in [1.165, 1.54) is 49.6 Å². The van der Waals surface area contributed by atoms with Crippen LogP contribution in [0, 0.1) is 25.5 Å². The normalized spacial score (nSPS) is 13.0. The first-order valence-corrected chi connectivity index (χ1v) is 38.8. The number of hydrogen-bond donors (Lipinski definition) is 8. The number of imidazole rings is 4. The molecule has 1 fully saturated rings. The van der Waals surface area contributed by atoms with E-state index in [1.54, 1.807) is 75.4 Å². The fourth-order valence-corrected chi connectivity index (χ4v) is 15.5. The quantitative estimate of drug-likeness (QED) is 0.0445. The molecule has 0 bridgehead atoms. The fourth-order valence-electron chi connectivity index (χ4n) is 15.0. The van der Waals surface area contributed by atoms with Gasteiger partial charge in [-0.25, -0.2) is 68.6 Å². The molecule has 592 valence electrons. The van der Waals surface area contributed by atoms with Crippen LogP contribution in [0.4, 0.5) is 32.1 Å². The number of anilines is 4. The predicted octanol–water partition coefficient (Wildman–Crippen LogP) is 16.9. The molecule has 0 saturated heterocycles. The van der Waals surface area contributed by atoms with Gasteiger partial charge >= 0.3 is 0 Å². The Kier molecular flexibility index (Phi) is 21.0. The molecule has 119 heavy (non-hydrogen) atoms. The summed E-state index contributed by atoms with van der Waals surface area (Å²) in [6, 6.07) is 51.2. The smallest absolute Gasteiger partial charge is 0.264 e. The Morgan fingerprint density at radius 1 is 0.353 bits per heavy atom. The molecule has 1 aliphatic rings. The molecule has 0 spiro atoms. The number of rotatable bonds is 16. The summed E-state index contributed by atoms with van der Waals surface area (Å²) in [4.78, 5) is 117. The van der Waals surface area contributed by atoms with Crippen molar-refractivity contribution in [1.29, 1.82) is 0 Å². The molecule has 7 aromatic carbocycles. The van der Waals surface area contributed by atoms with Gasteiger partial charge in [0.2, 0.25) is 0 Å². The number of aromatic nitrogens is 20. The van der Waals surface area contributed by atoms with Gasteiger partial charge in [-0.15, -0.1) is 0 Å². The number of aryl methyl sites for hydroxylation is 2. The number of nitrogens with zero attached hydrogens (tertiary/aromatic N) is 16. The Morgan fingerprint density at radius 3 is 1.09 bits per heavy atom. The van der Waals surface area contributed by atoms with Crippen molar-refractivity contribution in [2.24, 2.45) is 0 Å². The van der Waals surface area contributed by atoms with Gasteiger partial charge < -0.3 is 45.8 Å². The van der Waals surface area contributed by atoms with Crippen molar-refractivity contribution in [2.45, 2.75) is 84.6 Å². The summed E-state index contributed by atoms with van der Waals surface area (Å²) in [6.45, 7) is 11.7. The number of benzene rings is 7. The zero-order chi connectivity index (χ0) is 82.3. The Morgan fingerprint density at radius 2 is 0.689 bits per heavy atom. The molecule has 0 aliphatic heterocycles. The lowest BCUT2D eigenvalue weighted by molar-refractivity contribution is 0.625. The standard InChI is InChI=1S/2C23H19FN6O.C22H17ClN6O.C19H17ClN6O/c1-13-5-3-6-15-9-18(14(2)29-22-20-21(26-11-25-20)27-12-28-22)30(23(31)19(13)15)17-8-4-7-16(24)10-17;1-13-4-3-5-15-10-18(14(2)29-22-20-21(26-11-25-20)27-12-28-22)30(23(31)19(13)15)17-8-6-16(24)7-9-17;1-13(28-21-19-20(25-11-24-19)26-12-27-21)17-10-14-6-5-9-16(23)18(14)22(30)29(17)15-7-3-2-4-8-15;1-10(25-18-16-17(22-8-21-16)23-9-24-18)14-7-11-3-2-4-13(20)15(11)19(27)26(14)12-5-6-12/h2*3-12,14H,1-2H3,(H2,25,26,27,28,29);2-13H,1H3,(H2,24,25,26,27,28);2-4,7-10,12H,5-6H2,1H3,(H2,21,22,23,24,25)/t2*14-;13-;10-/m0000/s1. The second kappa shape index (κ2) is 32.5.